The van der Waals surface area contributed by atoms with Crippen LogP contribution in [0.1, 0.15) is 54.9 Å². The standard InChI is InChI=1S/C27H49NO8Si2/c1-13-15-34-25(32)24(31)28-20(19(23(28)30)17(2)35-37(9,10)26(3,4)5)22-21(29)18(14-16-33-22)36-38(11,12)27(6,7)8/h13,17-20,22,24,31H,1,14-16H2,2-12H3. The Labute approximate surface area is 230 Å². The number of ketones is 1. The summed E-state index contributed by atoms with van der Waals surface area (Å²) >= 11 is 0. The van der Waals surface area contributed by atoms with Crippen LogP contribution in [0.3, 0.4) is 0 Å². The largest absolute Gasteiger partial charge is 0.458 e. The number of hydrogen-bond acceptors (Lipinski definition) is 8. The fourth-order valence-corrected chi connectivity index (χ4v) is 7.05. The second-order valence-electron chi connectivity index (χ2n) is 13.5. The number of Topliss-reactive ketones (excluding diaryl/α,β-unsaturated/α-hetero) is 1. The van der Waals surface area contributed by atoms with Gasteiger partial charge < -0.3 is 28.3 Å². The first-order valence-corrected chi connectivity index (χ1v) is 19.3. The van der Waals surface area contributed by atoms with Gasteiger partial charge in [-0.05, 0) is 43.2 Å². The van der Waals surface area contributed by atoms with Crippen LogP contribution in [0.4, 0.5) is 0 Å². The van der Waals surface area contributed by atoms with Crippen molar-refractivity contribution in [3.8, 4) is 0 Å². The fourth-order valence-electron chi connectivity index (χ4n) is 4.32. The number of nitrogens with zero attached hydrogens (tertiary/aromatic N) is 1. The molecule has 6 unspecified atom stereocenters. The second kappa shape index (κ2) is 11.6. The van der Waals surface area contributed by atoms with E-state index < -0.39 is 65.0 Å². The van der Waals surface area contributed by atoms with Crippen LogP contribution in [-0.2, 0) is 32.7 Å². The number of β-lactam (4-membered cyclic amide) rings is 1. The molecule has 0 aromatic heterocycles. The number of likely N-dealkylation sites (tertiary alicyclic amines) is 1. The van der Waals surface area contributed by atoms with Crippen LogP contribution in [0, 0.1) is 5.92 Å². The number of carbonyl (C=O) groups is 3. The lowest BCUT2D eigenvalue weighted by Gasteiger charge is -2.55. The lowest BCUT2D eigenvalue weighted by Crippen LogP contribution is -2.75. The summed E-state index contributed by atoms with van der Waals surface area (Å²) in [5, 5.41) is 10.6. The molecule has 1 N–H and O–H groups in total. The third-order valence-electron chi connectivity index (χ3n) is 8.67. The highest BCUT2D eigenvalue weighted by molar-refractivity contribution is 6.74. The van der Waals surface area contributed by atoms with E-state index in [-0.39, 0.29) is 29.1 Å². The molecule has 9 nitrogen and oxygen atoms in total. The predicted molar refractivity (Wildman–Crippen MR) is 150 cm³/mol. The average Bonchev–Trinajstić information content (AvgIpc) is 2.75. The highest BCUT2D eigenvalue weighted by Gasteiger charge is 2.61. The number of rotatable bonds is 10. The number of ether oxygens (including phenoxy) is 2. The molecule has 0 bridgehead atoms. The van der Waals surface area contributed by atoms with Crippen molar-refractivity contribution >= 4 is 34.3 Å². The van der Waals surface area contributed by atoms with Gasteiger partial charge in [-0.25, -0.2) is 4.79 Å². The number of carbonyl (C=O) groups excluding carboxylic acids is 3. The molecule has 2 heterocycles. The summed E-state index contributed by atoms with van der Waals surface area (Å²) in [5.41, 5.74) is 0. The summed E-state index contributed by atoms with van der Waals surface area (Å²) in [6.07, 6.45) is -2.40. The van der Waals surface area contributed by atoms with Gasteiger partial charge in [0.15, 0.2) is 22.4 Å². The minimum absolute atomic E-state index is 0.0985. The molecular formula is C27H49NO8Si2. The number of aliphatic hydroxyl groups is 1. The molecule has 0 aliphatic carbocycles. The molecule has 2 aliphatic rings. The molecule has 0 radical (unpaired) electrons. The SMILES string of the molecule is C=CCOC(=O)C(O)N1C(=O)C(C(C)O[Si](C)(C)C(C)(C)C)C1C1OCCC(O[Si](C)(C)C(C)(C)C)C1=O. The zero-order valence-electron chi connectivity index (χ0n) is 25.1. The van der Waals surface area contributed by atoms with Gasteiger partial charge in [-0.1, -0.05) is 54.2 Å². The van der Waals surface area contributed by atoms with Gasteiger partial charge in [-0.15, -0.1) is 0 Å². The van der Waals surface area contributed by atoms with E-state index >= 15 is 0 Å². The smallest absolute Gasteiger partial charge is 0.356 e. The maximum Gasteiger partial charge on any atom is 0.356 e. The maximum atomic E-state index is 13.8. The molecule has 2 aliphatic heterocycles. The molecule has 6 atom stereocenters. The van der Waals surface area contributed by atoms with Crippen molar-refractivity contribution in [3.63, 3.8) is 0 Å². The van der Waals surface area contributed by atoms with Crippen molar-refractivity contribution in [1.82, 2.24) is 4.90 Å². The third-order valence-corrected chi connectivity index (χ3v) is 17.7. The van der Waals surface area contributed by atoms with Crippen molar-refractivity contribution in [2.75, 3.05) is 13.2 Å². The van der Waals surface area contributed by atoms with Gasteiger partial charge in [0.25, 0.3) is 0 Å². The Hall–Kier alpha value is -1.38. The maximum absolute atomic E-state index is 13.8. The molecule has 2 saturated heterocycles. The summed E-state index contributed by atoms with van der Waals surface area (Å²) < 4.78 is 23.9. The molecular weight excluding hydrogens is 522 g/mol. The Kier molecular flexibility index (Phi) is 10.0. The number of esters is 1. The molecule has 2 fully saturated rings. The van der Waals surface area contributed by atoms with E-state index in [4.69, 9.17) is 18.3 Å². The molecule has 38 heavy (non-hydrogen) atoms. The highest BCUT2D eigenvalue weighted by atomic mass is 28.4. The second-order valence-corrected chi connectivity index (χ2v) is 23.0. The van der Waals surface area contributed by atoms with E-state index in [1.54, 1.807) is 0 Å². The van der Waals surface area contributed by atoms with Gasteiger partial charge in [0.2, 0.25) is 12.1 Å². The summed E-state index contributed by atoms with van der Waals surface area (Å²) in [4.78, 5) is 40.7. The molecule has 0 saturated carbocycles. The van der Waals surface area contributed by atoms with Crippen molar-refractivity contribution < 1.29 is 37.8 Å². The minimum Gasteiger partial charge on any atom is -0.458 e. The molecule has 218 valence electrons. The quantitative estimate of drug-likeness (QED) is 0.181. The van der Waals surface area contributed by atoms with E-state index in [1.165, 1.54) is 6.08 Å². The van der Waals surface area contributed by atoms with Crippen LogP contribution in [0.25, 0.3) is 0 Å². The lowest BCUT2D eigenvalue weighted by molar-refractivity contribution is -0.212. The van der Waals surface area contributed by atoms with Crippen LogP contribution < -0.4 is 0 Å². The Morgan fingerprint density at radius 2 is 1.68 bits per heavy atom. The Bertz CT molecular complexity index is 908. The van der Waals surface area contributed by atoms with Gasteiger partial charge in [-0.2, -0.15) is 0 Å². The molecule has 11 heteroatoms. The zero-order chi connectivity index (χ0) is 29.4. The van der Waals surface area contributed by atoms with E-state index in [9.17, 15) is 19.5 Å². The molecule has 0 aromatic rings. The van der Waals surface area contributed by atoms with Gasteiger partial charge in [0.05, 0.1) is 24.7 Å². The van der Waals surface area contributed by atoms with E-state index in [1.807, 2.05) is 6.92 Å². The topological polar surface area (TPSA) is 112 Å². The molecule has 0 spiro atoms. The van der Waals surface area contributed by atoms with Crippen molar-refractivity contribution in [3.05, 3.63) is 12.7 Å². The minimum atomic E-state index is -2.28. The first-order valence-electron chi connectivity index (χ1n) is 13.5. The van der Waals surface area contributed by atoms with Gasteiger partial charge in [-0.3, -0.25) is 9.59 Å². The summed E-state index contributed by atoms with van der Waals surface area (Å²) in [7, 11) is -4.55. The third kappa shape index (κ3) is 6.67. The molecule has 2 rings (SSSR count). The van der Waals surface area contributed by atoms with Crippen molar-refractivity contribution in [2.24, 2.45) is 5.92 Å². The van der Waals surface area contributed by atoms with E-state index in [0.29, 0.717) is 6.42 Å². The Morgan fingerprint density at radius 1 is 1.13 bits per heavy atom. The summed E-state index contributed by atoms with van der Waals surface area (Å²) in [6, 6.07) is -0.896. The Morgan fingerprint density at radius 3 is 2.18 bits per heavy atom. The first kappa shape index (κ1) is 32.8. The van der Waals surface area contributed by atoms with Gasteiger partial charge >= 0.3 is 5.97 Å². The lowest BCUT2D eigenvalue weighted by atomic mass is 9.77. The first-order chi connectivity index (χ1) is 17.2. The number of amides is 1. The summed E-state index contributed by atoms with van der Waals surface area (Å²) in [5.74, 6) is -2.52. The Balaban J connectivity index is 2.41. The van der Waals surface area contributed by atoms with Crippen molar-refractivity contribution in [1.29, 1.82) is 0 Å². The van der Waals surface area contributed by atoms with Gasteiger partial charge in [0.1, 0.15) is 18.8 Å². The predicted octanol–water partition coefficient (Wildman–Crippen LogP) is 4.02. The fraction of sp³-hybridized carbons (Fsp3) is 0.815. The van der Waals surface area contributed by atoms with Gasteiger partial charge in [0, 0.05) is 6.42 Å². The van der Waals surface area contributed by atoms with Crippen LogP contribution in [0.5, 0.6) is 0 Å². The van der Waals surface area contributed by atoms with Crippen LogP contribution in [-0.4, -0.2) is 88.1 Å². The van der Waals surface area contributed by atoms with Crippen LogP contribution in [0.15, 0.2) is 12.7 Å². The van der Waals surface area contributed by atoms with E-state index in [2.05, 4.69) is 74.3 Å². The molecule has 1 amide bonds. The molecule has 0 aromatic carbocycles. The number of hydrogen-bond donors (Lipinski definition) is 1. The van der Waals surface area contributed by atoms with E-state index in [0.717, 1.165) is 4.90 Å². The van der Waals surface area contributed by atoms with Crippen LogP contribution in [0.2, 0.25) is 36.3 Å². The summed E-state index contributed by atoms with van der Waals surface area (Å²) in [6.45, 7) is 26.4. The van der Waals surface area contributed by atoms with Crippen molar-refractivity contribution in [2.45, 2.75) is 122 Å². The number of aliphatic hydroxyl groups excluding tert-OH is 1. The van der Waals surface area contributed by atoms with Crippen LogP contribution >= 0.6 is 0 Å². The highest BCUT2D eigenvalue weighted by Crippen LogP contribution is 2.43. The zero-order valence-corrected chi connectivity index (χ0v) is 27.1. The normalized spacial score (nSPS) is 27.0. The average molecular weight is 572 g/mol. The monoisotopic (exact) mass is 571 g/mol.